The van der Waals surface area contributed by atoms with Crippen molar-refractivity contribution in [3.8, 4) is 5.75 Å². The molecule has 2 aromatic carbocycles. The lowest BCUT2D eigenvalue weighted by atomic mass is 10.1. The van der Waals surface area contributed by atoms with E-state index in [0.717, 1.165) is 24.9 Å². The number of benzene rings is 2. The molecule has 10 heteroatoms. The number of carbonyl (C=O) groups is 1. The molecule has 0 bridgehead atoms. The highest BCUT2D eigenvalue weighted by Gasteiger charge is 2.33. The van der Waals surface area contributed by atoms with Crippen LogP contribution in [0.2, 0.25) is 0 Å². The molecular formula is C25H28N4O5S. The minimum absolute atomic E-state index is 0.0143. The molecule has 184 valence electrons. The Bertz CT molecular complexity index is 1300. The van der Waals surface area contributed by atoms with Gasteiger partial charge in [0.1, 0.15) is 5.75 Å². The van der Waals surface area contributed by atoms with Gasteiger partial charge in [-0.15, -0.1) is 0 Å². The van der Waals surface area contributed by atoms with Gasteiger partial charge in [-0.25, -0.2) is 18.9 Å². The zero-order valence-electron chi connectivity index (χ0n) is 19.6. The Morgan fingerprint density at radius 3 is 2.63 bits per heavy atom. The van der Waals surface area contributed by atoms with Crippen molar-refractivity contribution >= 4 is 21.4 Å². The number of carbonyl (C=O) groups excluding carboxylic acids is 1. The molecular weight excluding hydrogens is 468 g/mol. The van der Waals surface area contributed by atoms with Crippen LogP contribution in [0.4, 0.5) is 5.69 Å². The van der Waals surface area contributed by atoms with E-state index in [9.17, 15) is 13.2 Å². The van der Waals surface area contributed by atoms with Crippen LogP contribution in [0.1, 0.15) is 28.8 Å². The molecule has 1 amide bonds. The maximum Gasteiger partial charge on any atom is 0.274 e. The topological polar surface area (TPSA) is 112 Å². The number of hydrogen-bond donors (Lipinski definition) is 2. The van der Waals surface area contributed by atoms with E-state index in [4.69, 9.17) is 9.94 Å². The number of hydroxylamine groups is 1. The van der Waals surface area contributed by atoms with Crippen molar-refractivity contribution in [3.63, 3.8) is 0 Å². The van der Waals surface area contributed by atoms with Crippen molar-refractivity contribution in [1.82, 2.24) is 15.4 Å². The summed E-state index contributed by atoms with van der Waals surface area (Å²) in [6, 6.07) is 16.8. The molecule has 3 aromatic rings. The summed E-state index contributed by atoms with van der Waals surface area (Å²) in [4.78, 5) is 20.6. The number of anilines is 1. The second-order valence-corrected chi connectivity index (χ2v) is 10.2. The van der Waals surface area contributed by atoms with Gasteiger partial charge in [-0.3, -0.25) is 14.9 Å². The van der Waals surface area contributed by atoms with Crippen molar-refractivity contribution in [2.45, 2.75) is 35.5 Å². The monoisotopic (exact) mass is 496 g/mol. The summed E-state index contributed by atoms with van der Waals surface area (Å²) in [7, 11) is -0.489. The molecule has 2 heterocycles. The van der Waals surface area contributed by atoms with Crippen molar-refractivity contribution in [2.75, 3.05) is 25.6 Å². The first kappa shape index (κ1) is 24.6. The van der Waals surface area contributed by atoms with Gasteiger partial charge in [0.15, 0.2) is 5.03 Å². The molecule has 1 aromatic heterocycles. The Hall–Kier alpha value is -3.47. The van der Waals surface area contributed by atoms with Gasteiger partial charge in [0.25, 0.3) is 5.91 Å². The molecule has 1 atom stereocenters. The predicted molar refractivity (Wildman–Crippen MR) is 130 cm³/mol. The number of nitrogens with zero attached hydrogens (tertiary/aromatic N) is 3. The highest BCUT2D eigenvalue weighted by atomic mass is 32.2. The summed E-state index contributed by atoms with van der Waals surface area (Å²) in [5.74, 6) is 0.00361. The predicted octanol–water partition coefficient (Wildman–Crippen LogP) is 3.10. The van der Waals surface area contributed by atoms with E-state index in [-0.39, 0.29) is 16.1 Å². The number of pyridine rings is 1. The van der Waals surface area contributed by atoms with Crippen molar-refractivity contribution < 1.29 is 23.2 Å². The van der Waals surface area contributed by atoms with Crippen LogP contribution in [0.3, 0.4) is 0 Å². The maximum atomic E-state index is 13.5. The number of nitrogens with one attached hydrogen (secondary N) is 1. The number of methoxy groups -OCH3 is 1. The minimum atomic E-state index is -3.87. The number of ether oxygens (including phenoxy) is 1. The lowest BCUT2D eigenvalue weighted by Gasteiger charge is -2.35. The molecule has 1 aliphatic heterocycles. The summed E-state index contributed by atoms with van der Waals surface area (Å²) in [5.41, 5.74) is 3.37. The normalized spacial score (nSPS) is 16.1. The Balaban J connectivity index is 1.64. The van der Waals surface area contributed by atoms with Gasteiger partial charge in [-0.1, -0.05) is 18.2 Å². The molecule has 9 nitrogen and oxygen atoms in total. The Morgan fingerprint density at radius 1 is 1.17 bits per heavy atom. The Labute approximate surface area is 204 Å². The molecule has 1 unspecified atom stereocenters. The van der Waals surface area contributed by atoms with E-state index in [1.165, 1.54) is 25.4 Å². The largest absolute Gasteiger partial charge is 0.497 e. The van der Waals surface area contributed by atoms with Crippen molar-refractivity contribution in [1.29, 1.82) is 0 Å². The molecule has 1 aliphatic rings. The third-order valence-corrected chi connectivity index (χ3v) is 7.98. The zero-order chi connectivity index (χ0) is 25.0. The third kappa shape index (κ3) is 5.00. The number of sulfone groups is 1. The van der Waals surface area contributed by atoms with Crippen molar-refractivity contribution in [2.24, 2.45) is 0 Å². The second kappa shape index (κ2) is 10.4. The standard InChI is InChI=1S/C25H28N4O5S/c1-28(23-10-6-16-29(23)17-18-7-3-4-8-21(18)24(30)27-31)22-9-5-15-26-25(22)35(32,33)20-13-11-19(34-2)12-14-20/h3-5,7-9,11-15,23,31H,6,10,16-17H2,1-2H3,(H,27,30). The Morgan fingerprint density at radius 2 is 1.91 bits per heavy atom. The third-order valence-electron chi connectivity index (χ3n) is 6.27. The van der Waals surface area contributed by atoms with Gasteiger partial charge in [0, 0.05) is 31.9 Å². The van der Waals surface area contributed by atoms with Crippen LogP contribution in [0.25, 0.3) is 0 Å². The van der Waals surface area contributed by atoms with Crippen LogP contribution in [0.5, 0.6) is 5.75 Å². The second-order valence-electron chi connectivity index (χ2n) is 8.31. The van der Waals surface area contributed by atoms with Crippen LogP contribution in [0, 0.1) is 0 Å². The number of rotatable bonds is 8. The van der Waals surface area contributed by atoms with Crippen LogP contribution < -0.4 is 15.1 Å². The fourth-order valence-electron chi connectivity index (χ4n) is 4.48. The summed E-state index contributed by atoms with van der Waals surface area (Å²) in [5, 5.41) is 9.09. The molecule has 0 spiro atoms. The quantitative estimate of drug-likeness (QED) is 0.361. The highest BCUT2D eigenvalue weighted by molar-refractivity contribution is 7.91. The average Bonchev–Trinajstić information content (AvgIpc) is 3.36. The Kier molecular flexibility index (Phi) is 7.34. The number of likely N-dealkylation sites (tertiary alicyclic amines) is 1. The molecule has 4 rings (SSSR count). The first-order chi connectivity index (χ1) is 16.9. The number of hydrogen-bond acceptors (Lipinski definition) is 8. The van der Waals surface area contributed by atoms with E-state index >= 15 is 0 Å². The van der Waals surface area contributed by atoms with Gasteiger partial charge in [0.05, 0.1) is 23.9 Å². The van der Waals surface area contributed by atoms with E-state index in [1.54, 1.807) is 41.9 Å². The lowest BCUT2D eigenvalue weighted by molar-refractivity contribution is 0.0704. The lowest BCUT2D eigenvalue weighted by Crippen LogP contribution is -2.43. The van der Waals surface area contributed by atoms with Gasteiger partial charge in [0.2, 0.25) is 9.84 Å². The smallest absolute Gasteiger partial charge is 0.274 e. The van der Waals surface area contributed by atoms with Crippen LogP contribution in [-0.4, -0.2) is 56.3 Å². The number of aromatic nitrogens is 1. The van der Waals surface area contributed by atoms with E-state index < -0.39 is 15.7 Å². The summed E-state index contributed by atoms with van der Waals surface area (Å²) in [6.07, 6.45) is 3.12. The summed E-state index contributed by atoms with van der Waals surface area (Å²) in [6.45, 7) is 1.25. The molecule has 35 heavy (non-hydrogen) atoms. The fraction of sp³-hybridized carbons (Fsp3) is 0.280. The first-order valence-corrected chi connectivity index (χ1v) is 12.7. The fourth-order valence-corrected chi connectivity index (χ4v) is 5.88. The van der Waals surface area contributed by atoms with Gasteiger partial charge >= 0.3 is 0 Å². The van der Waals surface area contributed by atoms with Gasteiger partial charge in [-0.2, -0.15) is 0 Å². The average molecular weight is 497 g/mol. The number of amides is 1. The molecule has 0 saturated carbocycles. The van der Waals surface area contributed by atoms with E-state index in [2.05, 4.69) is 9.88 Å². The van der Waals surface area contributed by atoms with Gasteiger partial charge in [-0.05, 0) is 60.9 Å². The molecule has 0 radical (unpaired) electrons. The molecule has 1 fully saturated rings. The summed E-state index contributed by atoms with van der Waals surface area (Å²) < 4.78 is 32.1. The zero-order valence-corrected chi connectivity index (χ0v) is 20.4. The van der Waals surface area contributed by atoms with Crippen LogP contribution >= 0.6 is 0 Å². The minimum Gasteiger partial charge on any atom is -0.497 e. The molecule has 0 aliphatic carbocycles. The van der Waals surface area contributed by atoms with Gasteiger partial charge < -0.3 is 9.64 Å². The summed E-state index contributed by atoms with van der Waals surface area (Å²) >= 11 is 0. The SMILES string of the molecule is COc1ccc(S(=O)(=O)c2ncccc2N(C)C2CCCN2Cc2ccccc2C(=O)NO)cc1. The maximum absolute atomic E-state index is 13.5. The van der Waals surface area contributed by atoms with E-state index in [0.29, 0.717) is 23.5 Å². The molecule has 2 N–H and O–H groups in total. The van der Waals surface area contributed by atoms with Crippen LogP contribution in [-0.2, 0) is 16.4 Å². The van der Waals surface area contributed by atoms with Crippen molar-refractivity contribution in [3.05, 3.63) is 78.0 Å². The highest BCUT2D eigenvalue weighted by Crippen LogP contribution is 2.33. The van der Waals surface area contributed by atoms with Crippen LogP contribution in [0.15, 0.2) is 76.8 Å². The molecule has 1 saturated heterocycles. The first-order valence-electron chi connectivity index (χ1n) is 11.2. The van der Waals surface area contributed by atoms with E-state index in [1.807, 2.05) is 24.1 Å².